The fourth-order valence-electron chi connectivity index (χ4n) is 3.02. The summed E-state index contributed by atoms with van der Waals surface area (Å²) in [6, 6.07) is 5.11. The molecule has 3 rings (SSSR count). The SMILES string of the molecule is COc1cc(OC)c(C2=CCN(C(=O)Nc3cc(C)on3)CC2)c(OC)c1. The number of nitrogens with one attached hydrogen (secondary N) is 1. The van der Waals surface area contributed by atoms with Gasteiger partial charge in [0, 0.05) is 31.3 Å². The third-order valence-corrected chi connectivity index (χ3v) is 4.40. The van der Waals surface area contributed by atoms with Crippen molar-refractivity contribution in [3.8, 4) is 17.2 Å². The van der Waals surface area contributed by atoms with Crippen LogP contribution in [0.3, 0.4) is 0 Å². The standard InChI is InChI=1S/C19H23N3O5/c1-12-9-17(21-27-12)20-19(23)22-7-5-13(6-8-22)18-15(25-3)10-14(24-2)11-16(18)26-4/h5,9-11H,6-8H2,1-4H3,(H,20,21,23). The Kier molecular flexibility index (Phi) is 5.54. The lowest BCUT2D eigenvalue weighted by Crippen LogP contribution is -2.38. The Morgan fingerprint density at radius 2 is 1.85 bits per heavy atom. The topological polar surface area (TPSA) is 86.1 Å². The highest BCUT2D eigenvalue weighted by Gasteiger charge is 2.23. The Balaban J connectivity index is 1.77. The van der Waals surface area contributed by atoms with E-state index in [0.29, 0.717) is 48.3 Å². The van der Waals surface area contributed by atoms with Gasteiger partial charge in [0.1, 0.15) is 23.0 Å². The zero-order chi connectivity index (χ0) is 19.4. The van der Waals surface area contributed by atoms with E-state index in [-0.39, 0.29) is 6.03 Å². The second-order valence-electron chi connectivity index (χ2n) is 6.09. The van der Waals surface area contributed by atoms with Crippen LogP contribution in [0.25, 0.3) is 5.57 Å². The molecular formula is C19H23N3O5. The van der Waals surface area contributed by atoms with Crippen molar-refractivity contribution in [3.63, 3.8) is 0 Å². The van der Waals surface area contributed by atoms with Gasteiger partial charge >= 0.3 is 6.03 Å². The molecule has 0 saturated carbocycles. The van der Waals surface area contributed by atoms with Crippen LogP contribution >= 0.6 is 0 Å². The van der Waals surface area contributed by atoms with E-state index >= 15 is 0 Å². The number of aryl methyl sites for hydroxylation is 1. The smallest absolute Gasteiger partial charge is 0.323 e. The van der Waals surface area contributed by atoms with Gasteiger partial charge in [-0.15, -0.1) is 0 Å². The fraction of sp³-hybridized carbons (Fsp3) is 0.368. The van der Waals surface area contributed by atoms with E-state index in [1.54, 1.807) is 39.2 Å². The van der Waals surface area contributed by atoms with E-state index in [4.69, 9.17) is 18.7 Å². The average molecular weight is 373 g/mol. The normalized spacial score (nSPS) is 13.8. The summed E-state index contributed by atoms with van der Waals surface area (Å²) in [6.45, 7) is 2.80. The van der Waals surface area contributed by atoms with Crippen LogP contribution in [0.4, 0.5) is 10.6 Å². The summed E-state index contributed by atoms with van der Waals surface area (Å²) in [4.78, 5) is 14.1. The first-order valence-electron chi connectivity index (χ1n) is 8.54. The molecule has 0 fully saturated rings. The number of carbonyl (C=O) groups is 1. The van der Waals surface area contributed by atoms with Crippen molar-refractivity contribution in [2.24, 2.45) is 0 Å². The number of methoxy groups -OCH3 is 3. The van der Waals surface area contributed by atoms with Crippen LogP contribution in [-0.2, 0) is 0 Å². The zero-order valence-electron chi connectivity index (χ0n) is 15.9. The van der Waals surface area contributed by atoms with Crippen molar-refractivity contribution in [3.05, 3.63) is 35.6 Å². The predicted molar refractivity (Wildman–Crippen MR) is 101 cm³/mol. The number of hydrogen-bond acceptors (Lipinski definition) is 6. The highest BCUT2D eigenvalue weighted by Crippen LogP contribution is 2.40. The zero-order valence-corrected chi connectivity index (χ0v) is 15.9. The number of amides is 2. The number of hydrogen-bond donors (Lipinski definition) is 1. The second kappa shape index (κ2) is 8.03. The summed E-state index contributed by atoms with van der Waals surface area (Å²) >= 11 is 0. The van der Waals surface area contributed by atoms with Gasteiger partial charge < -0.3 is 23.6 Å². The van der Waals surface area contributed by atoms with Gasteiger partial charge in [0.15, 0.2) is 5.82 Å². The van der Waals surface area contributed by atoms with Gasteiger partial charge in [0.2, 0.25) is 0 Å². The van der Waals surface area contributed by atoms with Gasteiger partial charge in [-0.25, -0.2) is 4.79 Å². The summed E-state index contributed by atoms with van der Waals surface area (Å²) < 4.78 is 21.3. The number of anilines is 1. The highest BCUT2D eigenvalue weighted by molar-refractivity contribution is 5.89. The second-order valence-corrected chi connectivity index (χ2v) is 6.09. The molecule has 1 N–H and O–H groups in total. The molecule has 1 aliphatic heterocycles. The Bertz CT molecular complexity index is 834. The van der Waals surface area contributed by atoms with Crippen LogP contribution in [-0.4, -0.2) is 50.5 Å². The van der Waals surface area contributed by atoms with Gasteiger partial charge in [0.05, 0.1) is 26.9 Å². The Morgan fingerprint density at radius 1 is 1.15 bits per heavy atom. The van der Waals surface area contributed by atoms with Crippen molar-refractivity contribution in [2.75, 3.05) is 39.7 Å². The summed E-state index contributed by atoms with van der Waals surface area (Å²) in [5.41, 5.74) is 1.95. The monoisotopic (exact) mass is 373 g/mol. The third kappa shape index (κ3) is 3.99. The maximum Gasteiger partial charge on any atom is 0.323 e. The molecule has 2 amide bonds. The molecule has 0 unspecified atom stereocenters. The Labute approximate surface area is 157 Å². The van der Waals surface area contributed by atoms with Crippen molar-refractivity contribution in [1.82, 2.24) is 10.1 Å². The molecular weight excluding hydrogens is 350 g/mol. The third-order valence-electron chi connectivity index (χ3n) is 4.40. The first-order valence-corrected chi connectivity index (χ1v) is 8.54. The number of benzene rings is 1. The maximum absolute atomic E-state index is 12.4. The van der Waals surface area contributed by atoms with E-state index in [9.17, 15) is 4.79 Å². The van der Waals surface area contributed by atoms with Crippen LogP contribution in [0.5, 0.6) is 17.2 Å². The van der Waals surface area contributed by atoms with Crippen molar-refractivity contribution < 1.29 is 23.5 Å². The van der Waals surface area contributed by atoms with Crippen LogP contribution in [0, 0.1) is 6.92 Å². The minimum absolute atomic E-state index is 0.215. The molecule has 1 aromatic heterocycles. The number of urea groups is 1. The largest absolute Gasteiger partial charge is 0.496 e. The quantitative estimate of drug-likeness (QED) is 0.865. The average Bonchev–Trinajstić information content (AvgIpc) is 3.11. The van der Waals surface area contributed by atoms with Crippen molar-refractivity contribution in [2.45, 2.75) is 13.3 Å². The molecule has 0 bridgehead atoms. The number of carbonyl (C=O) groups excluding carboxylic acids is 1. The number of ether oxygens (including phenoxy) is 3. The molecule has 0 spiro atoms. The summed E-state index contributed by atoms with van der Waals surface area (Å²) in [7, 11) is 4.82. The van der Waals surface area contributed by atoms with Gasteiger partial charge in [-0.3, -0.25) is 5.32 Å². The van der Waals surface area contributed by atoms with Crippen molar-refractivity contribution in [1.29, 1.82) is 0 Å². The molecule has 8 heteroatoms. The van der Waals surface area contributed by atoms with Gasteiger partial charge in [-0.1, -0.05) is 11.2 Å². The molecule has 1 aromatic carbocycles. The van der Waals surface area contributed by atoms with E-state index in [1.165, 1.54) is 0 Å². The van der Waals surface area contributed by atoms with Gasteiger partial charge in [0.25, 0.3) is 0 Å². The van der Waals surface area contributed by atoms with E-state index in [2.05, 4.69) is 10.5 Å². The minimum Gasteiger partial charge on any atom is -0.496 e. The molecule has 27 heavy (non-hydrogen) atoms. The first-order chi connectivity index (χ1) is 13.0. The molecule has 0 atom stereocenters. The molecule has 0 aliphatic carbocycles. The van der Waals surface area contributed by atoms with E-state index in [1.807, 2.05) is 18.2 Å². The molecule has 2 aromatic rings. The van der Waals surface area contributed by atoms with Gasteiger partial charge in [-0.2, -0.15) is 0 Å². The van der Waals surface area contributed by atoms with E-state index < -0.39 is 0 Å². The van der Waals surface area contributed by atoms with Crippen LogP contribution in [0.1, 0.15) is 17.7 Å². The van der Waals surface area contributed by atoms with Gasteiger partial charge in [-0.05, 0) is 18.9 Å². The van der Waals surface area contributed by atoms with Crippen LogP contribution in [0.2, 0.25) is 0 Å². The number of nitrogens with zero attached hydrogens (tertiary/aromatic N) is 2. The van der Waals surface area contributed by atoms with Crippen LogP contribution in [0.15, 0.2) is 28.8 Å². The molecule has 8 nitrogen and oxygen atoms in total. The summed E-state index contributed by atoms with van der Waals surface area (Å²) in [5, 5.41) is 6.52. The van der Waals surface area contributed by atoms with Crippen molar-refractivity contribution >= 4 is 17.4 Å². The maximum atomic E-state index is 12.4. The van der Waals surface area contributed by atoms with E-state index in [0.717, 1.165) is 11.1 Å². The predicted octanol–water partition coefficient (Wildman–Crippen LogP) is 3.33. The summed E-state index contributed by atoms with van der Waals surface area (Å²) in [6.07, 6.45) is 2.67. The first kappa shape index (κ1) is 18.6. The lowest BCUT2D eigenvalue weighted by molar-refractivity contribution is 0.216. The molecule has 0 saturated heterocycles. The lowest BCUT2D eigenvalue weighted by atomic mass is 9.97. The Hall–Kier alpha value is -3.16. The molecule has 2 heterocycles. The summed E-state index contributed by atoms with van der Waals surface area (Å²) in [5.74, 6) is 3.06. The number of rotatable bonds is 5. The Morgan fingerprint density at radius 3 is 2.33 bits per heavy atom. The molecule has 144 valence electrons. The minimum atomic E-state index is -0.215. The molecule has 0 radical (unpaired) electrons. The fourth-order valence-corrected chi connectivity index (χ4v) is 3.02. The number of aromatic nitrogens is 1. The van der Waals surface area contributed by atoms with Crippen LogP contribution < -0.4 is 19.5 Å². The highest BCUT2D eigenvalue weighted by atomic mass is 16.5. The molecule has 1 aliphatic rings. The lowest BCUT2D eigenvalue weighted by Gasteiger charge is -2.27.